The Morgan fingerprint density at radius 3 is 2.91 bits per heavy atom. The summed E-state index contributed by atoms with van der Waals surface area (Å²) >= 11 is 0. The van der Waals surface area contributed by atoms with Crippen LogP contribution in [0.2, 0.25) is 0 Å². The molecule has 120 valence electrons. The van der Waals surface area contributed by atoms with Crippen molar-refractivity contribution in [3.05, 3.63) is 41.8 Å². The number of β-amino-alcohol motifs (C(OH)–C–C–N with tert-alkyl or cyclic N) is 1. The number of fused-ring (bicyclic) bond motifs is 1. The fraction of sp³-hybridized carbons (Fsp3) is 0.312. The average molecular weight is 317 g/mol. The number of nitrogens with two attached hydrogens (primary N) is 1. The fourth-order valence-corrected chi connectivity index (χ4v) is 2.90. The number of halogens is 1. The molecule has 0 aliphatic carbocycles. The minimum absolute atomic E-state index is 0.106. The van der Waals surface area contributed by atoms with Gasteiger partial charge in [0.1, 0.15) is 5.82 Å². The largest absolute Gasteiger partial charge is 0.378 e. The van der Waals surface area contributed by atoms with Crippen LogP contribution in [0.3, 0.4) is 0 Å². The van der Waals surface area contributed by atoms with Crippen LogP contribution in [0.4, 0.5) is 4.39 Å². The first-order valence-corrected chi connectivity index (χ1v) is 7.26. The van der Waals surface area contributed by atoms with E-state index in [0.717, 1.165) is 6.07 Å². The SMILES string of the molecule is NC(=O)[C@]1(O)CCCN(C(=O)c2cc(F)cc3cccnc23)C1. The van der Waals surface area contributed by atoms with Crippen molar-refractivity contribution in [1.82, 2.24) is 9.88 Å². The quantitative estimate of drug-likeness (QED) is 0.857. The molecule has 1 aliphatic rings. The summed E-state index contributed by atoms with van der Waals surface area (Å²) < 4.78 is 13.8. The first-order valence-electron chi connectivity index (χ1n) is 7.26. The molecule has 1 fully saturated rings. The third-order valence-corrected chi connectivity index (χ3v) is 4.12. The highest BCUT2D eigenvalue weighted by Gasteiger charge is 2.40. The zero-order chi connectivity index (χ0) is 16.6. The van der Waals surface area contributed by atoms with Gasteiger partial charge in [-0.1, -0.05) is 6.07 Å². The molecule has 2 aromatic rings. The van der Waals surface area contributed by atoms with Gasteiger partial charge >= 0.3 is 0 Å². The number of amides is 2. The molecule has 1 saturated heterocycles. The number of rotatable bonds is 2. The molecule has 0 radical (unpaired) electrons. The molecule has 3 N–H and O–H groups in total. The molecule has 0 bridgehead atoms. The highest BCUT2D eigenvalue weighted by Crippen LogP contribution is 2.25. The summed E-state index contributed by atoms with van der Waals surface area (Å²) in [6.45, 7) is 0.158. The van der Waals surface area contributed by atoms with Crippen molar-refractivity contribution in [1.29, 1.82) is 0 Å². The Kier molecular flexibility index (Phi) is 3.73. The number of nitrogens with zero attached hydrogens (tertiary/aromatic N) is 2. The van der Waals surface area contributed by atoms with Gasteiger partial charge < -0.3 is 15.7 Å². The first kappa shape index (κ1) is 15.4. The fourth-order valence-electron chi connectivity index (χ4n) is 2.90. The number of pyridine rings is 1. The predicted octanol–water partition coefficient (Wildman–Crippen LogP) is 0.826. The molecule has 1 aliphatic heterocycles. The van der Waals surface area contributed by atoms with Gasteiger partial charge in [0.2, 0.25) is 0 Å². The van der Waals surface area contributed by atoms with E-state index in [0.29, 0.717) is 23.9 Å². The molecule has 1 aromatic heterocycles. The van der Waals surface area contributed by atoms with Gasteiger partial charge in [-0.3, -0.25) is 14.6 Å². The van der Waals surface area contributed by atoms with Gasteiger partial charge in [0.15, 0.2) is 5.60 Å². The van der Waals surface area contributed by atoms with E-state index in [9.17, 15) is 19.1 Å². The van der Waals surface area contributed by atoms with Crippen LogP contribution in [0.15, 0.2) is 30.5 Å². The maximum Gasteiger partial charge on any atom is 0.256 e. The molecular formula is C16H16FN3O3. The van der Waals surface area contributed by atoms with Crippen molar-refractivity contribution < 1.29 is 19.1 Å². The van der Waals surface area contributed by atoms with E-state index in [1.165, 1.54) is 17.2 Å². The van der Waals surface area contributed by atoms with Gasteiger partial charge in [0.05, 0.1) is 17.6 Å². The van der Waals surface area contributed by atoms with Crippen molar-refractivity contribution in [2.24, 2.45) is 5.73 Å². The Morgan fingerprint density at radius 1 is 1.39 bits per heavy atom. The lowest BCUT2D eigenvalue weighted by Gasteiger charge is -2.37. The van der Waals surface area contributed by atoms with E-state index in [-0.39, 0.29) is 18.5 Å². The smallest absolute Gasteiger partial charge is 0.256 e. The molecule has 23 heavy (non-hydrogen) atoms. The number of hydrogen-bond donors (Lipinski definition) is 2. The van der Waals surface area contributed by atoms with Crippen LogP contribution in [-0.4, -0.2) is 45.5 Å². The number of carbonyl (C=O) groups excluding carboxylic acids is 2. The van der Waals surface area contributed by atoms with E-state index >= 15 is 0 Å². The van der Waals surface area contributed by atoms with Crippen LogP contribution >= 0.6 is 0 Å². The molecule has 3 rings (SSSR count). The number of likely N-dealkylation sites (tertiary alicyclic amines) is 1. The number of aliphatic hydroxyl groups is 1. The van der Waals surface area contributed by atoms with E-state index in [1.54, 1.807) is 12.1 Å². The third kappa shape index (κ3) is 2.75. The van der Waals surface area contributed by atoms with Crippen LogP contribution in [-0.2, 0) is 4.79 Å². The van der Waals surface area contributed by atoms with Gasteiger partial charge in [-0.2, -0.15) is 0 Å². The van der Waals surface area contributed by atoms with Crippen LogP contribution in [0, 0.1) is 5.82 Å². The van der Waals surface area contributed by atoms with Gasteiger partial charge in [0.25, 0.3) is 11.8 Å². The summed E-state index contributed by atoms with van der Waals surface area (Å²) in [4.78, 5) is 29.6. The standard InChI is InChI=1S/C16H16FN3O3/c17-11-7-10-3-1-5-19-13(10)12(8-11)14(21)20-6-2-4-16(23,9-20)15(18)22/h1,3,5,7-8,23H,2,4,6,9H2,(H2,18,22)/t16-/m0/s1. The molecule has 1 atom stereocenters. The minimum Gasteiger partial charge on any atom is -0.378 e. The highest BCUT2D eigenvalue weighted by molar-refractivity contribution is 6.05. The molecular weight excluding hydrogens is 301 g/mol. The van der Waals surface area contributed by atoms with E-state index in [2.05, 4.69) is 4.98 Å². The molecule has 7 heteroatoms. The third-order valence-electron chi connectivity index (χ3n) is 4.12. The van der Waals surface area contributed by atoms with Gasteiger partial charge in [-0.25, -0.2) is 4.39 Å². The average Bonchev–Trinajstić information content (AvgIpc) is 2.53. The number of aromatic nitrogens is 1. The Morgan fingerprint density at radius 2 is 2.17 bits per heavy atom. The van der Waals surface area contributed by atoms with Gasteiger partial charge in [-0.05, 0) is 31.0 Å². The molecule has 6 nitrogen and oxygen atoms in total. The summed E-state index contributed by atoms with van der Waals surface area (Å²) in [6.07, 6.45) is 2.16. The summed E-state index contributed by atoms with van der Waals surface area (Å²) in [5.41, 5.74) is 3.96. The number of primary amides is 1. The van der Waals surface area contributed by atoms with Crippen LogP contribution in [0.25, 0.3) is 10.9 Å². The molecule has 1 aromatic carbocycles. The molecule has 2 heterocycles. The summed E-state index contributed by atoms with van der Waals surface area (Å²) in [5.74, 6) is -1.89. The van der Waals surface area contributed by atoms with Crippen molar-refractivity contribution >= 4 is 22.7 Å². The molecule has 0 saturated carbocycles. The van der Waals surface area contributed by atoms with Crippen molar-refractivity contribution in [3.63, 3.8) is 0 Å². The first-order chi connectivity index (χ1) is 10.9. The van der Waals surface area contributed by atoms with Crippen molar-refractivity contribution in [2.75, 3.05) is 13.1 Å². The lowest BCUT2D eigenvalue weighted by Crippen LogP contribution is -2.57. The Hall–Kier alpha value is -2.54. The van der Waals surface area contributed by atoms with Crippen molar-refractivity contribution in [2.45, 2.75) is 18.4 Å². The van der Waals surface area contributed by atoms with Gasteiger partial charge in [0, 0.05) is 18.1 Å². The lowest BCUT2D eigenvalue weighted by atomic mass is 9.91. The monoisotopic (exact) mass is 317 g/mol. The molecule has 0 unspecified atom stereocenters. The molecule has 0 spiro atoms. The zero-order valence-corrected chi connectivity index (χ0v) is 12.3. The van der Waals surface area contributed by atoms with E-state index in [4.69, 9.17) is 5.73 Å². The topological polar surface area (TPSA) is 96.5 Å². The second-order valence-electron chi connectivity index (χ2n) is 5.75. The van der Waals surface area contributed by atoms with E-state index < -0.39 is 23.2 Å². The lowest BCUT2D eigenvalue weighted by molar-refractivity contribution is -0.140. The number of carbonyl (C=O) groups is 2. The Bertz CT molecular complexity index is 795. The summed E-state index contributed by atoms with van der Waals surface area (Å²) in [6, 6.07) is 5.74. The predicted molar refractivity (Wildman–Crippen MR) is 81.0 cm³/mol. The maximum atomic E-state index is 13.8. The molecule has 2 amide bonds. The second kappa shape index (κ2) is 5.58. The minimum atomic E-state index is -1.75. The van der Waals surface area contributed by atoms with Crippen molar-refractivity contribution in [3.8, 4) is 0 Å². The van der Waals surface area contributed by atoms with Gasteiger partial charge in [-0.15, -0.1) is 0 Å². The Labute approximate surface area is 131 Å². The van der Waals surface area contributed by atoms with E-state index in [1.807, 2.05) is 0 Å². The van der Waals surface area contributed by atoms with Crippen LogP contribution in [0.1, 0.15) is 23.2 Å². The normalized spacial score (nSPS) is 21.4. The maximum absolute atomic E-state index is 13.8. The summed E-state index contributed by atoms with van der Waals surface area (Å²) in [7, 11) is 0. The van der Waals surface area contributed by atoms with Crippen LogP contribution in [0.5, 0.6) is 0 Å². The Balaban J connectivity index is 1.99. The second-order valence-corrected chi connectivity index (χ2v) is 5.75. The zero-order valence-electron chi connectivity index (χ0n) is 12.3. The number of hydrogen-bond acceptors (Lipinski definition) is 4. The number of piperidine rings is 1. The number of benzene rings is 1. The highest BCUT2D eigenvalue weighted by atomic mass is 19.1. The van der Waals surface area contributed by atoms with Crippen LogP contribution < -0.4 is 5.73 Å². The summed E-state index contributed by atoms with van der Waals surface area (Å²) in [5, 5.41) is 10.7.